The van der Waals surface area contributed by atoms with Crippen molar-refractivity contribution in [3.63, 3.8) is 0 Å². The molecule has 1 saturated carbocycles. The minimum Gasteiger partial charge on any atom is -0.329 e. The van der Waals surface area contributed by atoms with Crippen molar-refractivity contribution in [2.75, 3.05) is 20.1 Å². The van der Waals surface area contributed by atoms with Crippen LogP contribution in [0.15, 0.2) is 22.7 Å². The van der Waals surface area contributed by atoms with Crippen molar-refractivity contribution >= 4 is 27.5 Å². The molecule has 2 nitrogen and oxygen atoms in total. The third-order valence-electron chi connectivity index (χ3n) is 4.35. The van der Waals surface area contributed by atoms with Crippen molar-refractivity contribution in [1.82, 2.24) is 4.90 Å². The first kappa shape index (κ1) is 16.3. The Hall–Kier alpha value is -0.0900. The molecule has 1 aromatic carbocycles. The van der Waals surface area contributed by atoms with Crippen LogP contribution in [0.2, 0.25) is 5.02 Å². The summed E-state index contributed by atoms with van der Waals surface area (Å²) in [5.41, 5.74) is 7.14. The van der Waals surface area contributed by atoms with Gasteiger partial charge in [0.05, 0.1) is 0 Å². The molecule has 20 heavy (non-hydrogen) atoms. The number of nitrogens with two attached hydrogens (primary N) is 1. The molecule has 0 aliphatic heterocycles. The fourth-order valence-corrected chi connectivity index (χ4v) is 4.02. The molecule has 4 heteroatoms. The van der Waals surface area contributed by atoms with Gasteiger partial charge in [0.2, 0.25) is 0 Å². The monoisotopic (exact) mass is 358 g/mol. The Morgan fingerprint density at radius 1 is 1.35 bits per heavy atom. The SMILES string of the molecule is CN(CC1CCCCC1)C(CN)c1ccc(Br)cc1Cl. The molecular weight excluding hydrogens is 336 g/mol. The van der Waals surface area contributed by atoms with Crippen molar-refractivity contribution in [2.45, 2.75) is 38.1 Å². The number of likely N-dealkylation sites (N-methyl/N-ethyl adjacent to an activating group) is 1. The maximum atomic E-state index is 6.38. The molecular formula is C16H24BrClN2. The van der Waals surface area contributed by atoms with Gasteiger partial charge >= 0.3 is 0 Å². The van der Waals surface area contributed by atoms with E-state index in [1.165, 1.54) is 32.1 Å². The van der Waals surface area contributed by atoms with E-state index in [9.17, 15) is 0 Å². The molecule has 1 aliphatic rings. The van der Waals surface area contributed by atoms with Crippen LogP contribution in [0, 0.1) is 5.92 Å². The van der Waals surface area contributed by atoms with Crippen LogP contribution in [0.3, 0.4) is 0 Å². The average Bonchev–Trinajstić information content (AvgIpc) is 2.43. The number of nitrogens with zero attached hydrogens (tertiary/aromatic N) is 1. The Labute approximate surface area is 135 Å². The van der Waals surface area contributed by atoms with E-state index >= 15 is 0 Å². The van der Waals surface area contributed by atoms with Crippen molar-refractivity contribution in [1.29, 1.82) is 0 Å². The molecule has 2 rings (SSSR count). The second-order valence-corrected chi connectivity index (χ2v) is 7.18. The van der Waals surface area contributed by atoms with Gasteiger partial charge in [-0.3, -0.25) is 4.90 Å². The first-order valence-electron chi connectivity index (χ1n) is 7.47. The molecule has 0 radical (unpaired) electrons. The van der Waals surface area contributed by atoms with Gasteiger partial charge in [0.15, 0.2) is 0 Å². The summed E-state index contributed by atoms with van der Waals surface area (Å²) >= 11 is 9.83. The standard InChI is InChI=1S/C16H24BrClN2/c1-20(11-12-5-3-2-4-6-12)16(10-19)14-8-7-13(17)9-15(14)18/h7-9,12,16H,2-6,10-11,19H2,1H3. The number of hydrogen-bond acceptors (Lipinski definition) is 2. The normalized spacial score (nSPS) is 18.4. The van der Waals surface area contributed by atoms with Crippen LogP contribution in [0.4, 0.5) is 0 Å². The van der Waals surface area contributed by atoms with Gasteiger partial charge in [-0.25, -0.2) is 0 Å². The molecule has 0 amide bonds. The van der Waals surface area contributed by atoms with Gasteiger partial charge in [0, 0.05) is 28.6 Å². The third-order valence-corrected chi connectivity index (χ3v) is 5.17. The van der Waals surface area contributed by atoms with Crippen molar-refractivity contribution < 1.29 is 0 Å². The summed E-state index contributed by atoms with van der Waals surface area (Å²) in [7, 11) is 2.17. The van der Waals surface area contributed by atoms with Crippen LogP contribution >= 0.6 is 27.5 Å². The van der Waals surface area contributed by atoms with E-state index in [1.54, 1.807) is 0 Å². The largest absolute Gasteiger partial charge is 0.329 e. The Bertz CT molecular complexity index is 432. The van der Waals surface area contributed by atoms with E-state index in [0.29, 0.717) is 6.54 Å². The molecule has 0 heterocycles. The summed E-state index contributed by atoms with van der Waals surface area (Å²) in [5, 5.41) is 0.797. The fraction of sp³-hybridized carbons (Fsp3) is 0.625. The minimum absolute atomic E-state index is 0.206. The lowest BCUT2D eigenvalue weighted by molar-refractivity contribution is 0.186. The molecule has 2 N–H and O–H groups in total. The van der Waals surface area contributed by atoms with Crippen molar-refractivity contribution in [2.24, 2.45) is 11.7 Å². The van der Waals surface area contributed by atoms with E-state index in [0.717, 1.165) is 27.5 Å². The zero-order valence-electron chi connectivity index (χ0n) is 12.1. The van der Waals surface area contributed by atoms with Crippen LogP contribution in [-0.4, -0.2) is 25.0 Å². The minimum atomic E-state index is 0.206. The van der Waals surface area contributed by atoms with Gasteiger partial charge in [-0.1, -0.05) is 52.9 Å². The maximum absolute atomic E-state index is 6.38. The second kappa shape index (κ2) is 7.79. The Morgan fingerprint density at radius 3 is 2.65 bits per heavy atom. The van der Waals surface area contributed by atoms with Gasteiger partial charge < -0.3 is 5.73 Å². The maximum Gasteiger partial charge on any atom is 0.0482 e. The summed E-state index contributed by atoms with van der Waals surface area (Å²) in [4.78, 5) is 2.38. The molecule has 1 aromatic rings. The quantitative estimate of drug-likeness (QED) is 0.831. The fourth-order valence-electron chi connectivity index (χ4n) is 3.22. The van der Waals surface area contributed by atoms with Crippen molar-refractivity contribution in [3.05, 3.63) is 33.3 Å². The number of hydrogen-bond donors (Lipinski definition) is 1. The van der Waals surface area contributed by atoms with E-state index in [4.69, 9.17) is 17.3 Å². The molecule has 112 valence electrons. The van der Waals surface area contributed by atoms with Crippen molar-refractivity contribution in [3.8, 4) is 0 Å². The molecule has 1 atom stereocenters. The molecule has 0 spiro atoms. The first-order chi connectivity index (χ1) is 9.61. The zero-order chi connectivity index (χ0) is 14.5. The van der Waals surface area contributed by atoms with E-state index in [1.807, 2.05) is 12.1 Å². The Morgan fingerprint density at radius 2 is 2.05 bits per heavy atom. The predicted molar refractivity (Wildman–Crippen MR) is 90.2 cm³/mol. The molecule has 1 unspecified atom stereocenters. The zero-order valence-corrected chi connectivity index (χ0v) is 14.5. The molecule has 0 aromatic heterocycles. The van der Waals surface area contributed by atoms with E-state index < -0.39 is 0 Å². The van der Waals surface area contributed by atoms with Crippen LogP contribution in [0.1, 0.15) is 43.7 Å². The average molecular weight is 360 g/mol. The number of benzene rings is 1. The smallest absolute Gasteiger partial charge is 0.0482 e. The summed E-state index contributed by atoms with van der Waals surface area (Å²) in [6.45, 7) is 1.72. The van der Waals surface area contributed by atoms with E-state index in [-0.39, 0.29) is 6.04 Å². The highest BCUT2D eigenvalue weighted by molar-refractivity contribution is 9.10. The summed E-state index contributed by atoms with van der Waals surface area (Å²) in [6, 6.07) is 6.28. The van der Waals surface area contributed by atoms with Gasteiger partial charge in [-0.05, 0) is 43.5 Å². The van der Waals surface area contributed by atoms with Gasteiger partial charge in [-0.15, -0.1) is 0 Å². The molecule has 0 saturated heterocycles. The first-order valence-corrected chi connectivity index (χ1v) is 8.64. The van der Waals surface area contributed by atoms with Crippen LogP contribution in [-0.2, 0) is 0 Å². The molecule has 0 bridgehead atoms. The van der Waals surface area contributed by atoms with E-state index in [2.05, 4.69) is 33.9 Å². The molecule has 1 aliphatic carbocycles. The number of rotatable bonds is 5. The summed E-state index contributed by atoms with van der Waals surface area (Å²) < 4.78 is 1.01. The van der Waals surface area contributed by atoms with Gasteiger partial charge in [0.25, 0.3) is 0 Å². The van der Waals surface area contributed by atoms with Crippen LogP contribution < -0.4 is 5.73 Å². The Kier molecular flexibility index (Phi) is 6.34. The highest BCUT2D eigenvalue weighted by Gasteiger charge is 2.22. The van der Waals surface area contributed by atoms with Crippen LogP contribution in [0.5, 0.6) is 0 Å². The molecule has 1 fully saturated rings. The highest BCUT2D eigenvalue weighted by atomic mass is 79.9. The summed E-state index contributed by atoms with van der Waals surface area (Å²) in [5.74, 6) is 0.817. The lowest BCUT2D eigenvalue weighted by Crippen LogP contribution is -2.35. The Balaban J connectivity index is 2.06. The lowest BCUT2D eigenvalue weighted by atomic mass is 9.88. The summed E-state index contributed by atoms with van der Waals surface area (Å²) in [6.07, 6.45) is 6.88. The second-order valence-electron chi connectivity index (χ2n) is 5.86. The van der Waals surface area contributed by atoms with Crippen LogP contribution in [0.25, 0.3) is 0 Å². The predicted octanol–water partition coefficient (Wildman–Crippen LogP) is 4.61. The van der Waals surface area contributed by atoms with Gasteiger partial charge in [-0.2, -0.15) is 0 Å². The highest BCUT2D eigenvalue weighted by Crippen LogP contribution is 2.31. The number of halogens is 2. The lowest BCUT2D eigenvalue weighted by Gasteiger charge is -2.33. The third kappa shape index (κ3) is 4.20. The van der Waals surface area contributed by atoms with Gasteiger partial charge in [0.1, 0.15) is 0 Å². The topological polar surface area (TPSA) is 29.3 Å².